The predicted molar refractivity (Wildman–Crippen MR) is 104 cm³/mol. The number of likely N-dealkylation sites (tertiary alicyclic amines) is 1. The largest absolute Gasteiger partial charge is 0.495 e. The Balaban J connectivity index is 1.96. The number of hydrogen-bond donors (Lipinski definition) is 1. The number of rotatable bonds is 6. The molecule has 1 aliphatic rings. The van der Waals surface area contributed by atoms with Crippen LogP contribution in [0.3, 0.4) is 0 Å². The summed E-state index contributed by atoms with van der Waals surface area (Å²) in [6.45, 7) is 7.23. The van der Waals surface area contributed by atoms with Crippen molar-refractivity contribution in [2.24, 2.45) is 0 Å². The van der Waals surface area contributed by atoms with E-state index in [9.17, 15) is 4.79 Å². The standard InChI is InChI=1S/C19H27BrN2O3/c1-13(2)5-8-22-9-6-15(7-10-22)21-19(23)14-11-16(24-3)18(20)17(12-14)25-4/h5,11-12,15H,6-10H2,1-4H3,(H,21,23). The van der Waals surface area contributed by atoms with Crippen molar-refractivity contribution < 1.29 is 14.3 Å². The molecule has 0 saturated carbocycles. The third-order valence-corrected chi connectivity index (χ3v) is 5.17. The van der Waals surface area contributed by atoms with Crippen LogP contribution in [0.4, 0.5) is 0 Å². The second-order valence-electron chi connectivity index (χ2n) is 6.52. The Morgan fingerprint density at radius 3 is 2.28 bits per heavy atom. The van der Waals surface area contributed by atoms with Crippen LogP contribution in [0.5, 0.6) is 11.5 Å². The Kier molecular flexibility index (Phi) is 7.32. The normalized spacial score (nSPS) is 15.6. The summed E-state index contributed by atoms with van der Waals surface area (Å²) >= 11 is 3.42. The van der Waals surface area contributed by atoms with Crippen molar-refractivity contribution in [3.63, 3.8) is 0 Å². The molecule has 1 fully saturated rings. The topological polar surface area (TPSA) is 50.8 Å². The zero-order chi connectivity index (χ0) is 18.4. The maximum Gasteiger partial charge on any atom is 0.251 e. The summed E-state index contributed by atoms with van der Waals surface area (Å²) in [6.07, 6.45) is 4.18. The van der Waals surface area contributed by atoms with E-state index in [0.717, 1.165) is 32.5 Å². The highest BCUT2D eigenvalue weighted by atomic mass is 79.9. The van der Waals surface area contributed by atoms with Crippen molar-refractivity contribution in [2.45, 2.75) is 32.7 Å². The van der Waals surface area contributed by atoms with Crippen LogP contribution < -0.4 is 14.8 Å². The van der Waals surface area contributed by atoms with Crippen molar-refractivity contribution in [3.05, 3.63) is 33.8 Å². The number of halogens is 1. The van der Waals surface area contributed by atoms with Gasteiger partial charge in [0.15, 0.2) is 0 Å². The Hall–Kier alpha value is -1.53. The van der Waals surface area contributed by atoms with Crippen LogP contribution in [0.15, 0.2) is 28.3 Å². The Morgan fingerprint density at radius 2 is 1.80 bits per heavy atom. The average Bonchev–Trinajstić information content (AvgIpc) is 2.61. The minimum atomic E-state index is -0.0909. The molecule has 1 aromatic rings. The van der Waals surface area contributed by atoms with Gasteiger partial charge < -0.3 is 14.8 Å². The number of ether oxygens (including phenoxy) is 2. The highest BCUT2D eigenvalue weighted by molar-refractivity contribution is 9.10. The third-order valence-electron chi connectivity index (χ3n) is 4.39. The first-order valence-corrected chi connectivity index (χ1v) is 9.32. The fraction of sp³-hybridized carbons (Fsp3) is 0.526. The molecule has 0 aromatic heterocycles. The first-order chi connectivity index (χ1) is 11.9. The summed E-state index contributed by atoms with van der Waals surface area (Å²) in [5.74, 6) is 1.08. The summed E-state index contributed by atoms with van der Waals surface area (Å²) in [6, 6.07) is 3.66. The van der Waals surface area contributed by atoms with Crippen molar-refractivity contribution in [3.8, 4) is 11.5 Å². The highest BCUT2D eigenvalue weighted by Crippen LogP contribution is 2.35. The lowest BCUT2D eigenvalue weighted by molar-refractivity contribution is 0.0913. The molecule has 1 aromatic carbocycles. The molecule has 1 aliphatic heterocycles. The van der Waals surface area contributed by atoms with Crippen molar-refractivity contribution in [1.29, 1.82) is 0 Å². The van der Waals surface area contributed by atoms with Crippen LogP contribution in [0, 0.1) is 0 Å². The van der Waals surface area contributed by atoms with E-state index >= 15 is 0 Å². The van der Waals surface area contributed by atoms with Crippen molar-refractivity contribution >= 4 is 21.8 Å². The lowest BCUT2D eigenvalue weighted by Gasteiger charge is -2.31. The summed E-state index contributed by atoms with van der Waals surface area (Å²) < 4.78 is 11.3. The zero-order valence-corrected chi connectivity index (χ0v) is 17.0. The van der Waals surface area contributed by atoms with Gasteiger partial charge in [-0.2, -0.15) is 0 Å². The van der Waals surface area contributed by atoms with Crippen LogP contribution in [-0.4, -0.2) is 50.7 Å². The van der Waals surface area contributed by atoms with E-state index in [1.165, 1.54) is 5.57 Å². The molecule has 1 heterocycles. The molecule has 0 spiro atoms. The van der Waals surface area contributed by atoms with E-state index in [-0.39, 0.29) is 11.9 Å². The maximum absolute atomic E-state index is 12.6. The quantitative estimate of drug-likeness (QED) is 0.727. The van der Waals surface area contributed by atoms with Crippen LogP contribution in [0.25, 0.3) is 0 Å². The van der Waals surface area contributed by atoms with E-state index in [2.05, 4.69) is 46.1 Å². The number of methoxy groups -OCH3 is 2. The maximum atomic E-state index is 12.6. The lowest BCUT2D eigenvalue weighted by atomic mass is 10.0. The van der Waals surface area contributed by atoms with E-state index in [1.54, 1.807) is 26.4 Å². The van der Waals surface area contributed by atoms with Crippen molar-refractivity contribution in [1.82, 2.24) is 10.2 Å². The number of carbonyl (C=O) groups excluding carboxylic acids is 1. The first kappa shape index (κ1) is 19.8. The molecule has 25 heavy (non-hydrogen) atoms. The van der Waals surface area contributed by atoms with Gasteiger partial charge in [0.25, 0.3) is 5.91 Å². The van der Waals surface area contributed by atoms with E-state index in [0.29, 0.717) is 21.5 Å². The number of hydrogen-bond acceptors (Lipinski definition) is 4. The zero-order valence-electron chi connectivity index (χ0n) is 15.4. The van der Waals surface area contributed by atoms with Gasteiger partial charge in [-0.3, -0.25) is 9.69 Å². The van der Waals surface area contributed by atoms with Gasteiger partial charge >= 0.3 is 0 Å². The number of amides is 1. The predicted octanol–water partition coefficient (Wildman–Crippen LogP) is 3.63. The Bertz CT molecular complexity index is 609. The van der Waals surface area contributed by atoms with Crippen LogP contribution in [-0.2, 0) is 0 Å². The van der Waals surface area contributed by atoms with Crippen LogP contribution in [0.2, 0.25) is 0 Å². The molecule has 1 amide bonds. The minimum Gasteiger partial charge on any atom is -0.495 e. The molecular weight excluding hydrogens is 384 g/mol. The number of carbonyl (C=O) groups is 1. The summed E-state index contributed by atoms with van der Waals surface area (Å²) in [4.78, 5) is 15.0. The molecule has 0 aliphatic carbocycles. The SMILES string of the molecule is COc1cc(C(=O)NC2CCN(CC=C(C)C)CC2)cc(OC)c1Br. The van der Waals surface area contributed by atoms with E-state index in [4.69, 9.17) is 9.47 Å². The Labute approximate surface area is 158 Å². The van der Waals surface area contributed by atoms with Crippen LogP contribution >= 0.6 is 15.9 Å². The molecule has 0 unspecified atom stereocenters. The molecule has 138 valence electrons. The molecule has 5 nitrogen and oxygen atoms in total. The number of nitrogens with zero attached hydrogens (tertiary/aromatic N) is 1. The number of benzene rings is 1. The minimum absolute atomic E-state index is 0.0909. The molecule has 6 heteroatoms. The monoisotopic (exact) mass is 410 g/mol. The highest BCUT2D eigenvalue weighted by Gasteiger charge is 2.22. The van der Waals surface area contributed by atoms with Gasteiger partial charge in [-0.05, 0) is 54.8 Å². The Morgan fingerprint density at radius 1 is 1.24 bits per heavy atom. The molecule has 1 N–H and O–H groups in total. The van der Waals surface area contributed by atoms with Gasteiger partial charge in [0.05, 0.1) is 14.2 Å². The van der Waals surface area contributed by atoms with Gasteiger partial charge in [-0.25, -0.2) is 0 Å². The second-order valence-corrected chi connectivity index (χ2v) is 7.32. The van der Waals surface area contributed by atoms with Crippen LogP contribution in [0.1, 0.15) is 37.0 Å². The summed E-state index contributed by atoms with van der Waals surface area (Å²) in [7, 11) is 3.15. The van der Waals surface area contributed by atoms with Gasteiger partial charge in [0, 0.05) is 31.2 Å². The fourth-order valence-electron chi connectivity index (χ4n) is 2.84. The van der Waals surface area contributed by atoms with Crippen molar-refractivity contribution in [2.75, 3.05) is 33.9 Å². The fourth-order valence-corrected chi connectivity index (χ4v) is 3.39. The van der Waals surface area contributed by atoms with Gasteiger partial charge in [0.1, 0.15) is 16.0 Å². The molecule has 0 radical (unpaired) electrons. The van der Waals surface area contributed by atoms with Gasteiger partial charge in [-0.1, -0.05) is 11.6 Å². The summed E-state index contributed by atoms with van der Waals surface area (Å²) in [5, 5.41) is 3.14. The lowest BCUT2D eigenvalue weighted by Crippen LogP contribution is -2.44. The smallest absolute Gasteiger partial charge is 0.251 e. The number of allylic oxidation sites excluding steroid dienone is 1. The second kappa shape index (κ2) is 9.25. The molecule has 0 bridgehead atoms. The van der Waals surface area contributed by atoms with Gasteiger partial charge in [0.2, 0.25) is 0 Å². The average molecular weight is 411 g/mol. The first-order valence-electron chi connectivity index (χ1n) is 8.52. The molecular formula is C19H27BrN2O3. The molecule has 1 saturated heterocycles. The van der Waals surface area contributed by atoms with Gasteiger partial charge in [-0.15, -0.1) is 0 Å². The van der Waals surface area contributed by atoms with E-state index < -0.39 is 0 Å². The number of piperidine rings is 1. The van der Waals surface area contributed by atoms with E-state index in [1.807, 2.05) is 0 Å². The number of nitrogens with one attached hydrogen (secondary N) is 1. The summed E-state index contributed by atoms with van der Waals surface area (Å²) in [5.41, 5.74) is 1.89. The third kappa shape index (κ3) is 5.47. The molecule has 0 atom stereocenters. The molecule has 2 rings (SSSR count).